The SMILES string of the molecule is Cc1cc(C)c(C(O)c2cn[nH]n2)cc1C. The Hall–Kier alpha value is -1.68. The Bertz CT molecular complexity index is 491. The topological polar surface area (TPSA) is 61.8 Å². The first-order valence-corrected chi connectivity index (χ1v) is 5.21. The normalized spacial score (nSPS) is 12.8. The number of hydrogen-bond donors (Lipinski definition) is 2. The third-order valence-corrected chi connectivity index (χ3v) is 2.89. The minimum Gasteiger partial charge on any atom is -0.382 e. The summed E-state index contributed by atoms with van der Waals surface area (Å²) < 4.78 is 0. The van der Waals surface area contributed by atoms with Crippen molar-refractivity contribution < 1.29 is 5.11 Å². The number of nitrogens with zero attached hydrogens (tertiary/aromatic N) is 2. The lowest BCUT2D eigenvalue weighted by Gasteiger charge is -2.13. The second-order valence-corrected chi connectivity index (χ2v) is 4.09. The third-order valence-electron chi connectivity index (χ3n) is 2.89. The van der Waals surface area contributed by atoms with E-state index in [4.69, 9.17) is 0 Å². The maximum absolute atomic E-state index is 10.2. The lowest BCUT2D eigenvalue weighted by atomic mass is 9.96. The predicted molar refractivity (Wildman–Crippen MR) is 61.1 cm³/mol. The fourth-order valence-electron chi connectivity index (χ4n) is 1.78. The van der Waals surface area contributed by atoms with Crippen molar-refractivity contribution in [2.75, 3.05) is 0 Å². The summed E-state index contributed by atoms with van der Waals surface area (Å²) in [6, 6.07) is 4.08. The monoisotopic (exact) mass is 217 g/mol. The molecule has 0 aliphatic heterocycles. The van der Waals surface area contributed by atoms with Gasteiger partial charge in [0.15, 0.2) is 0 Å². The van der Waals surface area contributed by atoms with Crippen LogP contribution < -0.4 is 0 Å². The number of aliphatic hydroxyl groups is 1. The molecule has 0 fully saturated rings. The van der Waals surface area contributed by atoms with E-state index < -0.39 is 6.10 Å². The van der Waals surface area contributed by atoms with Crippen molar-refractivity contribution in [1.29, 1.82) is 0 Å². The molecule has 0 saturated carbocycles. The van der Waals surface area contributed by atoms with Gasteiger partial charge < -0.3 is 5.11 Å². The molecular weight excluding hydrogens is 202 g/mol. The molecular formula is C12H15N3O. The highest BCUT2D eigenvalue weighted by Gasteiger charge is 2.16. The maximum Gasteiger partial charge on any atom is 0.125 e. The van der Waals surface area contributed by atoms with Gasteiger partial charge in [-0.25, -0.2) is 0 Å². The molecule has 1 heterocycles. The molecule has 16 heavy (non-hydrogen) atoms. The summed E-state index contributed by atoms with van der Waals surface area (Å²) in [4.78, 5) is 0. The minimum absolute atomic E-state index is 0.548. The fraction of sp³-hybridized carbons (Fsp3) is 0.333. The molecule has 2 aromatic rings. The highest BCUT2D eigenvalue weighted by Crippen LogP contribution is 2.25. The van der Waals surface area contributed by atoms with Gasteiger partial charge in [-0.2, -0.15) is 15.4 Å². The van der Waals surface area contributed by atoms with Crippen molar-refractivity contribution in [2.24, 2.45) is 0 Å². The first kappa shape index (κ1) is 10.8. The van der Waals surface area contributed by atoms with Crippen LogP contribution in [0.25, 0.3) is 0 Å². The van der Waals surface area contributed by atoms with Crippen LogP contribution in [0.4, 0.5) is 0 Å². The van der Waals surface area contributed by atoms with Crippen molar-refractivity contribution in [3.8, 4) is 0 Å². The number of aryl methyl sites for hydroxylation is 3. The second-order valence-electron chi connectivity index (χ2n) is 4.09. The number of benzene rings is 1. The zero-order valence-electron chi connectivity index (χ0n) is 9.65. The second kappa shape index (κ2) is 4.06. The lowest BCUT2D eigenvalue weighted by molar-refractivity contribution is 0.214. The van der Waals surface area contributed by atoms with E-state index in [1.165, 1.54) is 11.1 Å². The van der Waals surface area contributed by atoms with Gasteiger partial charge in [-0.15, -0.1) is 0 Å². The van der Waals surface area contributed by atoms with Crippen molar-refractivity contribution in [3.63, 3.8) is 0 Å². The van der Waals surface area contributed by atoms with E-state index in [0.717, 1.165) is 11.1 Å². The largest absolute Gasteiger partial charge is 0.382 e. The summed E-state index contributed by atoms with van der Waals surface area (Å²) in [7, 11) is 0. The average molecular weight is 217 g/mol. The summed E-state index contributed by atoms with van der Waals surface area (Å²) in [6.45, 7) is 6.09. The molecule has 1 atom stereocenters. The van der Waals surface area contributed by atoms with Gasteiger partial charge in [0, 0.05) is 0 Å². The first-order chi connectivity index (χ1) is 7.59. The van der Waals surface area contributed by atoms with Crippen LogP contribution in [0.15, 0.2) is 18.3 Å². The molecule has 0 aliphatic rings. The van der Waals surface area contributed by atoms with Crippen molar-refractivity contribution >= 4 is 0 Å². The summed E-state index contributed by atoms with van der Waals surface area (Å²) >= 11 is 0. The molecule has 2 rings (SSSR count). The number of nitrogens with one attached hydrogen (secondary N) is 1. The highest BCUT2D eigenvalue weighted by molar-refractivity contribution is 5.39. The molecule has 0 aliphatic carbocycles. The van der Waals surface area contributed by atoms with E-state index in [2.05, 4.69) is 28.4 Å². The van der Waals surface area contributed by atoms with E-state index in [1.54, 1.807) is 6.20 Å². The zero-order valence-corrected chi connectivity index (χ0v) is 9.65. The molecule has 0 spiro atoms. The van der Waals surface area contributed by atoms with Crippen LogP contribution in [0, 0.1) is 20.8 Å². The van der Waals surface area contributed by atoms with Gasteiger partial charge in [-0.3, -0.25) is 0 Å². The number of aromatic nitrogens is 3. The van der Waals surface area contributed by atoms with Crippen LogP contribution in [0.2, 0.25) is 0 Å². The van der Waals surface area contributed by atoms with Gasteiger partial charge in [0.1, 0.15) is 11.8 Å². The molecule has 4 nitrogen and oxygen atoms in total. The quantitative estimate of drug-likeness (QED) is 0.806. The molecule has 1 unspecified atom stereocenters. The van der Waals surface area contributed by atoms with Crippen molar-refractivity contribution in [1.82, 2.24) is 15.4 Å². The first-order valence-electron chi connectivity index (χ1n) is 5.21. The number of H-pyrrole nitrogens is 1. The molecule has 4 heteroatoms. The van der Waals surface area contributed by atoms with Gasteiger partial charge in [0.05, 0.1) is 6.20 Å². The highest BCUT2D eigenvalue weighted by atomic mass is 16.3. The van der Waals surface area contributed by atoms with E-state index in [-0.39, 0.29) is 0 Å². The van der Waals surface area contributed by atoms with Gasteiger partial charge in [-0.1, -0.05) is 12.1 Å². The van der Waals surface area contributed by atoms with Gasteiger partial charge in [0.25, 0.3) is 0 Å². The Kier molecular flexibility index (Phi) is 2.75. The van der Waals surface area contributed by atoms with Gasteiger partial charge in [0.2, 0.25) is 0 Å². The Morgan fingerprint density at radius 1 is 1.12 bits per heavy atom. The van der Waals surface area contributed by atoms with Crippen LogP contribution in [0.3, 0.4) is 0 Å². The van der Waals surface area contributed by atoms with Crippen molar-refractivity contribution in [3.05, 3.63) is 46.3 Å². The smallest absolute Gasteiger partial charge is 0.125 e. The van der Waals surface area contributed by atoms with Crippen molar-refractivity contribution in [2.45, 2.75) is 26.9 Å². The standard InChI is InChI=1S/C12H15N3O/c1-7-4-9(3)10(5-8(7)2)12(16)11-6-13-15-14-11/h4-6,12,16H,1-3H3,(H,13,14,15). The number of hydrogen-bond acceptors (Lipinski definition) is 3. The maximum atomic E-state index is 10.2. The third kappa shape index (κ3) is 1.84. The summed E-state index contributed by atoms with van der Waals surface area (Å²) in [6.07, 6.45) is 0.831. The molecule has 2 N–H and O–H groups in total. The molecule has 0 bridgehead atoms. The van der Waals surface area contributed by atoms with E-state index >= 15 is 0 Å². The minimum atomic E-state index is -0.710. The molecule has 1 aromatic heterocycles. The summed E-state index contributed by atoms with van der Waals surface area (Å²) in [5.74, 6) is 0. The Morgan fingerprint density at radius 2 is 1.81 bits per heavy atom. The van der Waals surface area contributed by atoms with Crippen LogP contribution >= 0.6 is 0 Å². The van der Waals surface area contributed by atoms with Gasteiger partial charge >= 0.3 is 0 Å². The number of aliphatic hydroxyl groups excluding tert-OH is 1. The predicted octanol–water partition coefficient (Wildman–Crippen LogP) is 1.81. The van der Waals surface area contributed by atoms with E-state index in [0.29, 0.717) is 5.69 Å². The summed E-state index contributed by atoms with van der Waals surface area (Å²) in [5.41, 5.74) is 4.90. The molecule has 84 valence electrons. The number of rotatable bonds is 2. The van der Waals surface area contributed by atoms with Crippen LogP contribution in [-0.2, 0) is 0 Å². The van der Waals surface area contributed by atoms with Gasteiger partial charge in [-0.05, 0) is 43.0 Å². The molecule has 0 amide bonds. The summed E-state index contributed by atoms with van der Waals surface area (Å²) in [5, 5.41) is 20.3. The Balaban J connectivity index is 2.44. The van der Waals surface area contributed by atoms with Crippen LogP contribution in [0.1, 0.15) is 34.1 Å². The molecule has 0 saturated heterocycles. The Morgan fingerprint density at radius 3 is 2.44 bits per heavy atom. The fourth-order valence-corrected chi connectivity index (χ4v) is 1.78. The average Bonchev–Trinajstić information content (AvgIpc) is 2.75. The zero-order chi connectivity index (χ0) is 11.7. The van der Waals surface area contributed by atoms with E-state index in [1.807, 2.05) is 19.9 Å². The lowest BCUT2D eigenvalue weighted by Crippen LogP contribution is -2.04. The van der Waals surface area contributed by atoms with Crippen LogP contribution in [-0.4, -0.2) is 20.5 Å². The molecule has 1 aromatic carbocycles. The van der Waals surface area contributed by atoms with E-state index in [9.17, 15) is 5.11 Å². The van der Waals surface area contributed by atoms with Crippen LogP contribution in [0.5, 0.6) is 0 Å². The number of aromatic amines is 1. The molecule has 0 radical (unpaired) electrons. The Labute approximate surface area is 94.3 Å².